The summed E-state index contributed by atoms with van der Waals surface area (Å²) in [5.74, 6) is 0.605. The number of hydrogen-bond acceptors (Lipinski definition) is 5. The van der Waals surface area contributed by atoms with E-state index in [1.165, 1.54) is 10.4 Å². The lowest BCUT2D eigenvalue weighted by molar-refractivity contribution is -0.137. The number of rotatable bonds is 8. The zero-order valence-electron chi connectivity index (χ0n) is 17.6. The topological polar surface area (TPSA) is 49.9 Å². The fourth-order valence-corrected chi connectivity index (χ4v) is 5.69. The summed E-state index contributed by atoms with van der Waals surface area (Å²) in [6, 6.07) is 9.18. The number of nitrogens with zero attached hydrogens (tertiary/aromatic N) is 2. The second-order valence-electron chi connectivity index (χ2n) is 7.40. The van der Waals surface area contributed by atoms with E-state index in [1.54, 1.807) is 17.8 Å². The summed E-state index contributed by atoms with van der Waals surface area (Å²) in [5, 5.41) is 0. The average molecular weight is 553 g/mol. The fraction of sp³-hybridized carbons (Fsp3) is 0.429. The van der Waals surface area contributed by atoms with Gasteiger partial charge in [0.15, 0.2) is 0 Å². The molecule has 0 aromatic heterocycles. The third-order valence-corrected chi connectivity index (χ3v) is 7.82. The Hall–Kier alpha value is -1.43. The number of sulfonamides is 1. The number of fused-ring (bicyclic) bond motifs is 1. The molecule has 0 amide bonds. The second-order valence-corrected chi connectivity index (χ2v) is 11.0. The molecule has 1 aliphatic rings. The van der Waals surface area contributed by atoms with Crippen molar-refractivity contribution in [2.24, 2.45) is 0 Å². The molecule has 2 aromatic carbocycles. The van der Waals surface area contributed by atoms with Gasteiger partial charge in [0.2, 0.25) is 0 Å². The molecule has 5 nitrogen and oxygen atoms in total. The number of ether oxygens (including phenoxy) is 1. The van der Waals surface area contributed by atoms with Crippen LogP contribution in [0.25, 0.3) is 0 Å². The third-order valence-electron chi connectivity index (χ3n) is 5.15. The molecule has 1 heterocycles. The molecule has 0 saturated heterocycles. The molecular formula is C21H24BrF3N2O3S2. The van der Waals surface area contributed by atoms with Gasteiger partial charge in [0.05, 0.1) is 40.4 Å². The number of halogens is 4. The maximum Gasteiger partial charge on any atom is 0.416 e. The predicted octanol–water partition coefficient (Wildman–Crippen LogP) is 5.60. The minimum atomic E-state index is -4.62. The zero-order chi connectivity index (χ0) is 23.5. The first-order valence-corrected chi connectivity index (χ1v) is 13.5. The van der Waals surface area contributed by atoms with Gasteiger partial charge in [0.1, 0.15) is 0 Å². The summed E-state index contributed by atoms with van der Waals surface area (Å²) in [5.41, 5.74) is 0.152. The van der Waals surface area contributed by atoms with Gasteiger partial charge < -0.3 is 9.64 Å². The molecule has 0 N–H and O–H groups in total. The summed E-state index contributed by atoms with van der Waals surface area (Å²) in [4.78, 5) is 1.70. The van der Waals surface area contributed by atoms with Gasteiger partial charge >= 0.3 is 6.18 Å². The van der Waals surface area contributed by atoms with Crippen molar-refractivity contribution >= 4 is 49.1 Å². The summed E-state index contributed by atoms with van der Waals surface area (Å²) in [6.45, 7) is 3.21. The normalized spacial score (nSPS) is 15.6. The highest BCUT2D eigenvalue weighted by Gasteiger charge is 2.35. The van der Waals surface area contributed by atoms with E-state index in [-0.39, 0.29) is 17.5 Å². The van der Waals surface area contributed by atoms with Gasteiger partial charge in [-0.3, -0.25) is 4.31 Å². The Morgan fingerprint density at radius 3 is 2.59 bits per heavy atom. The smallest absolute Gasteiger partial charge is 0.368 e. The van der Waals surface area contributed by atoms with Crippen molar-refractivity contribution in [1.82, 2.24) is 0 Å². The largest absolute Gasteiger partial charge is 0.416 e. The Labute approximate surface area is 199 Å². The first-order chi connectivity index (χ1) is 15.0. The lowest BCUT2D eigenvalue weighted by Crippen LogP contribution is -2.44. The number of benzene rings is 2. The fourth-order valence-electron chi connectivity index (χ4n) is 3.46. The van der Waals surface area contributed by atoms with E-state index in [2.05, 4.69) is 20.8 Å². The van der Waals surface area contributed by atoms with Crippen LogP contribution in [0.1, 0.15) is 18.9 Å². The summed E-state index contributed by atoms with van der Waals surface area (Å²) in [7, 11) is -4.18. The van der Waals surface area contributed by atoms with Crippen molar-refractivity contribution in [3.05, 3.63) is 52.5 Å². The quantitative estimate of drug-likeness (QED) is 0.399. The molecule has 0 radical (unpaired) electrons. The monoisotopic (exact) mass is 552 g/mol. The Morgan fingerprint density at radius 2 is 1.91 bits per heavy atom. The van der Waals surface area contributed by atoms with E-state index in [4.69, 9.17) is 4.74 Å². The van der Waals surface area contributed by atoms with Crippen LogP contribution in [0.3, 0.4) is 0 Å². The number of alkyl halides is 3. The van der Waals surface area contributed by atoms with Crippen LogP contribution in [0.2, 0.25) is 0 Å². The SMILES string of the molecule is CSCOC(C)CCN1CCN(S(=O)(=O)c2cccc(C(F)(F)F)c2)c2cc(Br)ccc21. The van der Waals surface area contributed by atoms with Crippen molar-refractivity contribution in [3.8, 4) is 0 Å². The van der Waals surface area contributed by atoms with Gasteiger partial charge in [-0.2, -0.15) is 13.2 Å². The van der Waals surface area contributed by atoms with Crippen molar-refractivity contribution in [2.75, 3.05) is 41.0 Å². The lowest BCUT2D eigenvalue weighted by atomic mass is 10.1. The maximum absolute atomic E-state index is 13.3. The predicted molar refractivity (Wildman–Crippen MR) is 126 cm³/mol. The molecular weight excluding hydrogens is 529 g/mol. The molecule has 32 heavy (non-hydrogen) atoms. The van der Waals surface area contributed by atoms with Crippen LogP contribution >= 0.6 is 27.7 Å². The van der Waals surface area contributed by atoms with Crippen molar-refractivity contribution < 1.29 is 26.3 Å². The van der Waals surface area contributed by atoms with Crippen LogP contribution in [0.4, 0.5) is 24.5 Å². The van der Waals surface area contributed by atoms with Crippen molar-refractivity contribution in [3.63, 3.8) is 0 Å². The van der Waals surface area contributed by atoms with Gasteiger partial charge in [-0.1, -0.05) is 22.0 Å². The van der Waals surface area contributed by atoms with Crippen LogP contribution in [0.15, 0.2) is 51.8 Å². The molecule has 0 fully saturated rings. The molecule has 1 aliphatic heterocycles. The summed E-state index contributed by atoms with van der Waals surface area (Å²) < 4.78 is 73.6. The average Bonchev–Trinajstić information content (AvgIpc) is 2.75. The molecule has 1 unspecified atom stereocenters. The van der Waals surface area contributed by atoms with Crippen molar-refractivity contribution in [1.29, 1.82) is 0 Å². The van der Waals surface area contributed by atoms with E-state index >= 15 is 0 Å². The van der Waals surface area contributed by atoms with Crippen LogP contribution in [0.5, 0.6) is 0 Å². The van der Waals surface area contributed by atoms with Gasteiger partial charge in [0.25, 0.3) is 10.0 Å². The number of hydrogen-bond donors (Lipinski definition) is 0. The van der Waals surface area contributed by atoms with E-state index in [0.29, 0.717) is 40.9 Å². The van der Waals surface area contributed by atoms with Gasteiger partial charge in [0, 0.05) is 17.6 Å². The highest BCUT2D eigenvalue weighted by Crippen LogP contribution is 2.39. The minimum Gasteiger partial charge on any atom is -0.368 e. The molecule has 0 aliphatic carbocycles. The Kier molecular flexibility index (Phi) is 8.06. The van der Waals surface area contributed by atoms with Crippen LogP contribution in [-0.4, -0.2) is 46.4 Å². The Bertz CT molecular complexity index is 1050. The molecule has 3 rings (SSSR count). The molecule has 11 heteroatoms. The second kappa shape index (κ2) is 10.2. The molecule has 2 aromatic rings. The molecule has 1 atom stereocenters. The van der Waals surface area contributed by atoms with Crippen molar-refractivity contribution in [2.45, 2.75) is 30.5 Å². The van der Waals surface area contributed by atoms with E-state index in [0.717, 1.165) is 18.6 Å². The first kappa shape index (κ1) is 25.2. The third kappa shape index (κ3) is 5.73. The highest BCUT2D eigenvalue weighted by atomic mass is 79.9. The number of thioether (sulfide) groups is 1. The maximum atomic E-state index is 13.3. The van der Waals surface area contributed by atoms with Crippen LogP contribution in [0, 0.1) is 0 Å². The van der Waals surface area contributed by atoms with Gasteiger partial charge in [-0.15, -0.1) is 11.8 Å². The molecule has 176 valence electrons. The van der Waals surface area contributed by atoms with E-state index in [1.807, 2.05) is 25.3 Å². The highest BCUT2D eigenvalue weighted by molar-refractivity contribution is 9.10. The summed E-state index contributed by atoms with van der Waals surface area (Å²) in [6.07, 6.45) is -1.85. The van der Waals surface area contributed by atoms with Crippen LogP contribution in [-0.2, 0) is 20.9 Å². The molecule has 0 saturated carbocycles. The van der Waals surface area contributed by atoms with E-state index < -0.39 is 21.8 Å². The van der Waals surface area contributed by atoms with Gasteiger partial charge in [-0.25, -0.2) is 8.42 Å². The lowest BCUT2D eigenvalue weighted by Gasteiger charge is -2.38. The molecule has 0 bridgehead atoms. The Morgan fingerprint density at radius 1 is 1.16 bits per heavy atom. The number of anilines is 2. The minimum absolute atomic E-state index is 0.0493. The summed E-state index contributed by atoms with van der Waals surface area (Å²) >= 11 is 4.98. The van der Waals surface area contributed by atoms with Crippen LogP contribution < -0.4 is 9.21 Å². The standard InChI is InChI=1S/C21H24BrF3N2O3S2/c1-15(30-14-31-2)8-9-26-10-11-27(20-13-17(22)6-7-19(20)26)32(28,29)18-5-3-4-16(12-18)21(23,24)25/h3-7,12-13,15H,8-11,14H2,1-2H3. The first-order valence-electron chi connectivity index (χ1n) is 9.89. The Balaban J connectivity index is 1.90. The van der Waals surface area contributed by atoms with Gasteiger partial charge in [-0.05, 0) is 56.0 Å². The zero-order valence-corrected chi connectivity index (χ0v) is 20.8. The molecule has 0 spiro atoms. The van der Waals surface area contributed by atoms with E-state index in [9.17, 15) is 21.6 Å².